The highest BCUT2D eigenvalue weighted by atomic mass is 32.1. The van der Waals surface area contributed by atoms with Gasteiger partial charge in [0, 0.05) is 23.7 Å². The van der Waals surface area contributed by atoms with Crippen molar-refractivity contribution >= 4 is 33.8 Å². The number of nitrogens with zero attached hydrogens (tertiary/aromatic N) is 3. The van der Waals surface area contributed by atoms with Crippen LogP contribution >= 0.6 is 23.6 Å². The maximum Gasteiger partial charge on any atom is 0.263 e. The van der Waals surface area contributed by atoms with Gasteiger partial charge in [0.1, 0.15) is 4.83 Å². The normalized spacial score (nSPS) is 17.4. The van der Waals surface area contributed by atoms with Crippen molar-refractivity contribution in [1.29, 1.82) is 0 Å². The minimum absolute atomic E-state index is 0.0315. The molecule has 0 saturated carbocycles. The summed E-state index contributed by atoms with van der Waals surface area (Å²) in [7, 11) is 1.89. The summed E-state index contributed by atoms with van der Waals surface area (Å²) in [5.74, 6) is 0.689. The smallest absolute Gasteiger partial charge is 0.263 e. The number of hydrogen-bond acceptors (Lipinski definition) is 4. The van der Waals surface area contributed by atoms with Crippen molar-refractivity contribution in [3.8, 4) is 0 Å². The van der Waals surface area contributed by atoms with Gasteiger partial charge in [-0.05, 0) is 49.9 Å². The second-order valence-electron chi connectivity index (χ2n) is 6.79. The Bertz CT molecular complexity index is 1050. The quantitative estimate of drug-likeness (QED) is 0.713. The minimum atomic E-state index is 0.0315. The van der Waals surface area contributed by atoms with E-state index in [1.807, 2.05) is 20.2 Å². The Labute approximate surface area is 149 Å². The average Bonchev–Trinajstić information content (AvgIpc) is 3.02. The van der Waals surface area contributed by atoms with Crippen LogP contribution in [-0.4, -0.2) is 19.3 Å². The Hall–Kier alpha value is -1.73. The molecule has 0 amide bonds. The first-order chi connectivity index (χ1) is 11.4. The number of fused-ring (bicyclic) bond motifs is 3. The molecule has 0 radical (unpaired) electrons. The van der Waals surface area contributed by atoms with E-state index < -0.39 is 0 Å². The molecule has 1 aliphatic carbocycles. The number of rotatable bonds is 2. The van der Waals surface area contributed by atoms with Crippen LogP contribution in [0, 0.1) is 17.6 Å². The fraction of sp³-hybridized carbons (Fsp3) is 0.471. The van der Waals surface area contributed by atoms with Crippen LogP contribution in [-0.2, 0) is 26.4 Å². The highest BCUT2D eigenvalue weighted by Crippen LogP contribution is 2.35. The van der Waals surface area contributed by atoms with E-state index in [9.17, 15) is 4.79 Å². The molecule has 24 heavy (non-hydrogen) atoms. The van der Waals surface area contributed by atoms with Gasteiger partial charge in [-0.25, -0.2) is 0 Å². The zero-order valence-corrected chi connectivity index (χ0v) is 15.7. The topological polar surface area (TPSA) is 55.6 Å². The third kappa shape index (κ3) is 2.46. The number of H-pyrrole nitrogens is 1. The van der Waals surface area contributed by atoms with Crippen LogP contribution in [0.4, 0.5) is 0 Å². The van der Waals surface area contributed by atoms with Crippen LogP contribution in [0.3, 0.4) is 0 Å². The second kappa shape index (κ2) is 5.67. The fourth-order valence-corrected chi connectivity index (χ4v) is 5.29. The van der Waals surface area contributed by atoms with E-state index in [0.29, 0.717) is 17.2 Å². The number of thiophene rings is 1. The van der Waals surface area contributed by atoms with Crippen molar-refractivity contribution in [2.45, 2.75) is 39.7 Å². The Balaban J connectivity index is 1.89. The number of nitrogens with one attached hydrogen (secondary N) is 1. The first-order valence-corrected chi connectivity index (χ1v) is 9.43. The fourth-order valence-electron chi connectivity index (χ4n) is 3.57. The average molecular weight is 361 g/mol. The van der Waals surface area contributed by atoms with Gasteiger partial charge in [-0.1, -0.05) is 6.92 Å². The molecular formula is C17H20N4OS2. The van der Waals surface area contributed by atoms with E-state index in [-0.39, 0.29) is 5.56 Å². The predicted octanol–water partition coefficient (Wildman–Crippen LogP) is 3.34. The molecule has 0 fully saturated rings. The van der Waals surface area contributed by atoms with Gasteiger partial charge in [-0.3, -0.25) is 14.0 Å². The third-order valence-electron chi connectivity index (χ3n) is 4.88. The Morgan fingerprint density at radius 2 is 2.29 bits per heavy atom. The molecule has 7 heteroatoms. The molecule has 5 nitrogen and oxygen atoms in total. The summed E-state index contributed by atoms with van der Waals surface area (Å²) in [4.78, 5) is 18.7. The van der Waals surface area contributed by atoms with Crippen LogP contribution in [0.1, 0.15) is 35.0 Å². The summed E-state index contributed by atoms with van der Waals surface area (Å²) in [5, 5.41) is 5.20. The molecule has 3 aromatic heterocycles. The first kappa shape index (κ1) is 15.8. The molecule has 3 aromatic rings. The van der Waals surface area contributed by atoms with E-state index in [1.165, 1.54) is 10.4 Å². The lowest BCUT2D eigenvalue weighted by Crippen LogP contribution is -2.23. The Kier molecular flexibility index (Phi) is 3.73. The molecule has 1 atom stereocenters. The lowest BCUT2D eigenvalue weighted by atomic mass is 9.89. The van der Waals surface area contributed by atoms with E-state index >= 15 is 0 Å². The van der Waals surface area contributed by atoms with Crippen molar-refractivity contribution in [3.63, 3.8) is 0 Å². The van der Waals surface area contributed by atoms with Crippen LogP contribution < -0.4 is 5.56 Å². The number of aromatic nitrogens is 4. The second-order valence-corrected chi connectivity index (χ2v) is 8.28. The van der Waals surface area contributed by atoms with E-state index in [1.54, 1.807) is 20.6 Å². The van der Waals surface area contributed by atoms with Gasteiger partial charge in [0.05, 0.1) is 17.6 Å². The zero-order chi connectivity index (χ0) is 17.0. The molecule has 0 spiro atoms. The third-order valence-corrected chi connectivity index (χ3v) is 6.37. The molecule has 126 valence electrons. The van der Waals surface area contributed by atoms with Crippen LogP contribution in [0.25, 0.3) is 10.2 Å². The Morgan fingerprint density at radius 3 is 3.00 bits per heavy atom. The van der Waals surface area contributed by atoms with E-state index in [4.69, 9.17) is 12.2 Å². The molecule has 1 N–H and O–H groups in total. The summed E-state index contributed by atoms with van der Waals surface area (Å²) in [6.07, 6.45) is 5.15. The monoisotopic (exact) mass is 360 g/mol. The minimum Gasteiger partial charge on any atom is -0.323 e. The maximum atomic E-state index is 13.1. The summed E-state index contributed by atoms with van der Waals surface area (Å²) in [5.41, 5.74) is 3.22. The van der Waals surface area contributed by atoms with Crippen molar-refractivity contribution in [3.05, 3.63) is 43.0 Å². The summed E-state index contributed by atoms with van der Waals surface area (Å²) >= 11 is 7.17. The van der Waals surface area contributed by atoms with Crippen molar-refractivity contribution < 1.29 is 0 Å². The lowest BCUT2D eigenvalue weighted by molar-refractivity contribution is 0.509. The van der Waals surface area contributed by atoms with Gasteiger partial charge < -0.3 is 4.98 Å². The SMILES string of the molecule is Cc1nn(C)cc1Cn1c(=S)[nH]c2sc3c(c2c1=O)CC[C@H](C)C3. The highest BCUT2D eigenvalue weighted by molar-refractivity contribution is 7.71. The standard InChI is InChI=1S/C17H20N4OS2/c1-9-4-5-12-13(6-9)24-15-14(12)16(22)21(17(23)18-15)8-11-7-20(3)19-10(11)2/h7,9H,4-6,8H2,1-3H3,(H,18,23)/t9-/m0/s1. The molecule has 0 aliphatic heterocycles. The van der Waals surface area contributed by atoms with Crippen molar-refractivity contribution in [2.24, 2.45) is 13.0 Å². The van der Waals surface area contributed by atoms with Crippen molar-refractivity contribution in [2.75, 3.05) is 0 Å². The van der Waals surface area contributed by atoms with Crippen LogP contribution in [0.5, 0.6) is 0 Å². The number of aryl methyl sites for hydroxylation is 3. The summed E-state index contributed by atoms with van der Waals surface area (Å²) < 4.78 is 3.93. The lowest BCUT2D eigenvalue weighted by Gasteiger charge is -2.17. The van der Waals surface area contributed by atoms with Gasteiger partial charge in [-0.2, -0.15) is 5.10 Å². The largest absolute Gasteiger partial charge is 0.323 e. The predicted molar refractivity (Wildman–Crippen MR) is 99.5 cm³/mol. The number of aromatic amines is 1. The summed E-state index contributed by atoms with van der Waals surface area (Å²) in [6, 6.07) is 0. The molecule has 3 heterocycles. The maximum absolute atomic E-state index is 13.1. The molecule has 4 rings (SSSR count). The Morgan fingerprint density at radius 1 is 1.50 bits per heavy atom. The van der Waals surface area contributed by atoms with E-state index in [0.717, 1.165) is 40.7 Å². The van der Waals surface area contributed by atoms with Gasteiger partial charge in [-0.15, -0.1) is 11.3 Å². The molecule has 0 saturated heterocycles. The van der Waals surface area contributed by atoms with Crippen molar-refractivity contribution in [1.82, 2.24) is 19.3 Å². The highest BCUT2D eigenvalue weighted by Gasteiger charge is 2.23. The molecule has 0 aromatic carbocycles. The zero-order valence-electron chi connectivity index (χ0n) is 14.0. The van der Waals surface area contributed by atoms with Crippen LogP contribution in [0.2, 0.25) is 0 Å². The number of hydrogen-bond donors (Lipinski definition) is 1. The van der Waals surface area contributed by atoms with Gasteiger partial charge in [0.25, 0.3) is 5.56 Å². The van der Waals surface area contributed by atoms with Gasteiger partial charge in [0.15, 0.2) is 4.77 Å². The molecule has 0 unspecified atom stereocenters. The first-order valence-electron chi connectivity index (χ1n) is 8.20. The summed E-state index contributed by atoms with van der Waals surface area (Å²) in [6.45, 7) is 4.70. The molecule has 0 bridgehead atoms. The van der Waals surface area contributed by atoms with E-state index in [2.05, 4.69) is 17.0 Å². The molecule has 1 aliphatic rings. The van der Waals surface area contributed by atoms with Crippen LogP contribution in [0.15, 0.2) is 11.0 Å². The van der Waals surface area contributed by atoms with Gasteiger partial charge in [0.2, 0.25) is 0 Å². The van der Waals surface area contributed by atoms with Gasteiger partial charge >= 0.3 is 0 Å². The molecular weight excluding hydrogens is 340 g/mol.